The average Bonchev–Trinajstić information content (AvgIpc) is 2.63. The first-order valence-corrected chi connectivity index (χ1v) is 6.71. The molecule has 1 heterocycles. The van der Waals surface area contributed by atoms with Crippen molar-refractivity contribution in [2.24, 2.45) is 5.92 Å². The standard InChI is InChI=1S/C13H23NS/c1-5-11(9-14-13(2,3)4)8-12-6-7-15-10-12/h6-7,10-11,14H,5,8-9H2,1-4H3. The molecule has 0 bridgehead atoms. The molecular formula is C13H23NS. The molecule has 0 fully saturated rings. The summed E-state index contributed by atoms with van der Waals surface area (Å²) in [5.41, 5.74) is 1.73. The lowest BCUT2D eigenvalue weighted by molar-refractivity contribution is 0.363. The van der Waals surface area contributed by atoms with Gasteiger partial charge in [0.1, 0.15) is 0 Å². The summed E-state index contributed by atoms with van der Waals surface area (Å²) < 4.78 is 0. The van der Waals surface area contributed by atoms with Crippen molar-refractivity contribution in [2.45, 2.75) is 46.1 Å². The second-order valence-electron chi connectivity index (χ2n) is 5.24. The fraction of sp³-hybridized carbons (Fsp3) is 0.692. The minimum absolute atomic E-state index is 0.238. The van der Waals surface area contributed by atoms with Crippen LogP contribution in [0.4, 0.5) is 0 Å². The Morgan fingerprint density at radius 2 is 2.13 bits per heavy atom. The van der Waals surface area contributed by atoms with Gasteiger partial charge >= 0.3 is 0 Å². The van der Waals surface area contributed by atoms with Crippen molar-refractivity contribution in [1.82, 2.24) is 5.32 Å². The third-order valence-electron chi connectivity index (χ3n) is 2.60. The molecule has 0 aliphatic rings. The van der Waals surface area contributed by atoms with Gasteiger partial charge in [-0.15, -0.1) is 0 Å². The van der Waals surface area contributed by atoms with Crippen LogP contribution in [0.5, 0.6) is 0 Å². The van der Waals surface area contributed by atoms with Crippen molar-refractivity contribution in [1.29, 1.82) is 0 Å². The van der Waals surface area contributed by atoms with E-state index in [0.717, 1.165) is 12.5 Å². The smallest absolute Gasteiger partial charge is 0.00966 e. The Hall–Kier alpha value is -0.340. The molecule has 1 nitrogen and oxygen atoms in total. The highest BCUT2D eigenvalue weighted by atomic mass is 32.1. The molecule has 1 rings (SSSR count). The van der Waals surface area contributed by atoms with Crippen LogP contribution in [0.2, 0.25) is 0 Å². The third kappa shape index (κ3) is 5.33. The Morgan fingerprint density at radius 1 is 1.40 bits per heavy atom. The van der Waals surface area contributed by atoms with Crippen LogP contribution in [0.1, 0.15) is 39.7 Å². The number of nitrogens with one attached hydrogen (secondary N) is 1. The van der Waals surface area contributed by atoms with Gasteiger partial charge in [-0.1, -0.05) is 13.3 Å². The molecule has 1 unspecified atom stereocenters. The largest absolute Gasteiger partial charge is 0.312 e. The Morgan fingerprint density at radius 3 is 2.60 bits per heavy atom. The van der Waals surface area contributed by atoms with Crippen LogP contribution >= 0.6 is 11.3 Å². The second kappa shape index (κ2) is 5.66. The van der Waals surface area contributed by atoms with E-state index < -0.39 is 0 Å². The zero-order valence-electron chi connectivity index (χ0n) is 10.3. The van der Waals surface area contributed by atoms with Crippen LogP contribution in [0, 0.1) is 5.92 Å². The molecule has 0 aromatic carbocycles. The lowest BCUT2D eigenvalue weighted by Gasteiger charge is -2.24. The molecule has 0 saturated carbocycles. The highest BCUT2D eigenvalue weighted by Gasteiger charge is 2.13. The molecule has 15 heavy (non-hydrogen) atoms. The molecule has 0 saturated heterocycles. The van der Waals surface area contributed by atoms with Crippen LogP contribution in [0.15, 0.2) is 16.8 Å². The second-order valence-corrected chi connectivity index (χ2v) is 6.02. The summed E-state index contributed by atoms with van der Waals surface area (Å²) in [6.45, 7) is 10.1. The zero-order valence-corrected chi connectivity index (χ0v) is 11.2. The van der Waals surface area contributed by atoms with Gasteiger partial charge in [-0.25, -0.2) is 0 Å². The van der Waals surface area contributed by atoms with E-state index in [1.165, 1.54) is 18.4 Å². The highest BCUT2D eigenvalue weighted by Crippen LogP contribution is 2.15. The maximum absolute atomic E-state index is 3.59. The molecule has 1 aromatic rings. The summed E-state index contributed by atoms with van der Waals surface area (Å²) in [4.78, 5) is 0. The Labute approximate surface area is 97.9 Å². The van der Waals surface area contributed by atoms with Crippen LogP contribution in [0.3, 0.4) is 0 Å². The van der Waals surface area contributed by atoms with Gasteiger partial charge in [0.25, 0.3) is 0 Å². The molecule has 0 spiro atoms. The van der Waals surface area contributed by atoms with Crippen LogP contribution in [0.25, 0.3) is 0 Å². The normalized spacial score (nSPS) is 14.1. The molecule has 86 valence electrons. The zero-order chi connectivity index (χ0) is 11.3. The fourth-order valence-corrected chi connectivity index (χ4v) is 2.24. The van der Waals surface area contributed by atoms with Gasteiger partial charge in [-0.3, -0.25) is 0 Å². The van der Waals surface area contributed by atoms with Gasteiger partial charge in [-0.2, -0.15) is 11.3 Å². The van der Waals surface area contributed by atoms with Gasteiger partial charge in [0.2, 0.25) is 0 Å². The van der Waals surface area contributed by atoms with E-state index in [-0.39, 0.29) is 5.54 Å². The molecule has 1 N–H and O–H groups in total. The van der Waals surface area contributed by atoms with E-state index in [1.54, 1.807) is 11.3 Å². The van der Waals surface area contributed by atoms with E-state index in [0.29, 0.717) is 0 Å². The van der Waals surface area contributed by atoms with Crippen LogP contribution < -0.4 is 5.32 Å². The van der Waals surface area contributed by atoms with Crippen LogP contribution in [-0.2, 0) is 6.42 Å². The molecule has 0 aliphatic carbocycles. The monoisotopic (exact) mass is 225 g/mol. The van der Waals surface area contributed by atoms with Crippen LogP contribution in [-0.4, -0.2) is 12.1 Å². The minimum atomic E-state index is 0.238. The lowest BCUT2D eigenvalue weighted by atomic mass is 9.97. The van der Waals surface area contributed by atoms with Crippen molar-refractivity contribution in [3.05, 3.63) is 22.4 Å². The summed E-state index contributed by atoms with van der Waals surface area (Å²) in [5, 5.41) is 8.02. The number of hydrogen-bond acceptors (Lipinski definition) is 2. The molecule has 0 aliphatic heterocycles. The molecular weight excluding hydrogens is 202 g/mol. The van der Waals surface area contributed by atoms with Gasteiger partial charge in [0.05, 0.1) is 0 Å². The highest BCUT2D eigenvalue weighted by molar-refractivity contribution is 7.07. The molecule has 2 heteroatoms. The van der Waals surface area contributed by atoms with Crippen molar-refractivity contribution >= 4 is 11.3 Å². The number of rotatable bonds is 5. The number of thiophene rings is 1. The SMILES string of the molecule is CCC(CNC(C)(C)C)Cc1ccsc1. The van der Waals surface area contributed by atoms with E-state index in [4.69, 9.17) is 0 Å². The summed E-state index contributed by atoms with van der Waals surface area (Å²) in [6, 6.07) is 2.24. The third-order valence-corrected chi connectivity index (χ3v) is 3.33. The van der Waals surface area contributed by atoms with Gasteiger partial charge in [0, 0.05) is 5.54 Å². The topological polar surface area (TPSA) is 12.0 Å². The van der Waals surface area contributed by atoms with Crippen molar-refractivity contribution in [2.75, 3.05) is 6.54 Å². The van der Waals surface area contributed by atoms with E-state index in [2.05, 4.69) is 49.8 Å². The molecule has 0 amide bonds. The first-order valence-electron chi connectivity index (χ1n) is 5.77. The van der Waals surface area contributed by atoms with E-state index >= 15 is 0 Å². The Balaban J connectivity index is 2.36. The van der Waals surface area contributed by atoms with Gasteiger partial charge < -0.3 is 5.32 Å². The summed E-state index contributed by atoms with van der Waals surface area (Å²) in [5.74, 6) is 0.763. The van der Waals surface area contributed by atoms with Crippen molar-refractivity contribution in [3.63, 3.8) is 0 Å². The number of hydrogen-bond donors (Lipinski definition) is 1. The minimum Gasteiger partial charge on any atom is -0.312 e. The maximum Gasteiger partial charge on any atom is 0.00966 e. The van der Waals surface area contributed by atoms with Crippen molar-refractivity contribution in [3.8, 4) is 0 Å². The van der Waals surface area contributed by atoms with E-state index in [9.17, 15) is 0 Å². The Bertz CT molecular complexity index is 259. The molecule has 0 radical (unpaired) electrons. The first kappa shape index (κ1) is 12.7. The Kier molecular flexibility index (Phi) is 4.81. The summed E-state index contributed by atoms with van der Waals surface area (Å²) >= 11 is 1.80. The van der Waals surface area contributed by atoms with Crippen molar-refractivity contribution < 1.29 is 0 Å². The first-order chi connectivity index (χ1) is 7.01. The molecule has 1 aromatic heterocycles. The summed E-state index contributed by atoms with van der Waals surface area (Å²) in [7, 11) is 0. The van der Waals surface area contributed by atoms with Gasteiger partial charge in [0.15, 0.2) is 0 Å². The van der Waals surface area contributed by atoms with E-state index in [1.807, 2.05) is 0 Å². The predicted octanol–water partition coefficient (Wildman–Crippen LogP) is 3.70. The average molecular weight is 225 g/mol. The predicted molar refractivity (Wildman–Crippen MR) is 69.6 cm³/mol. The van der Waals surface area contributed by atoms with Gasteiger partial charge in [-0.05, 0) is 62.0 Å². The molecule has 1 atom stereocenters. The summed E-state index contributed by atoms with van der Waals surface area (Å²) in [6.07, 6.45) is 2.46. The lowest BCUT2D eigenvalue weighted by Crippen LogP contribution is -2.39. The quantitative estimate of drug-likeness (QED) is 0.805. The fourth-order valence-electron chi connectivity index (χ4n) is 1.55. The maximum atomic E-state index is 3.59.